The third-order valence-electron chi connectivity index (χ3n) is 3.96. The fourth-order valence-electron chi connectivity index (χ4n) is 2.77. The van der Waals surface area contributed by atoms with Gasteiger partial charge in [-0.05, 0) is 48.9 Å². The Kier molecular flexibility index (Phi) is 5.28. The van der Waals surface area contributed by atoms with Gasteiger partial charge in [-0.25, -0.2) is 0 Å². The topological polar surface area (TPSA) is 20.2 Å². The van der Waals surface area contributed by atoms with Crippen LogP contribution in [0.3, 0.4) is 0 Å². The van der Waals surface area contributed by atoms with E-state index in [4.69, 9.17) is 0 Å². The molecule has 18 heavy (non-hydrogen) atoms. The first-order valence-corrected chi connectivity index (χ1v) is 8.30. The highest BCUT2D eigenvalue weighted by molar-refractivity contribution is 9.11. The van der Waals surface area contributed by atoms with E-state index in [9.17, 15) is 5.11 Å². The molecule has 0 saturated heterocycles. The highest BCUT2D eigenvalue weighted by atomic mass is 79.9. The normalized spacial score (nSPS) is 18.2. The molecule has 1 N–H and O–H groups in total. The summed E-state index contributed by atoms with van der Waals surface area (Å²) in [5.41, 5.74) is 2.19. The lowest BCUT2D eigenvalue weighted by molar-refractivity contribution is 0.156. The molecular weight excluding hydrogens is 356 g/mol. The molecule has 2 rings (SSSR count). The lowest BCUT2D eigenvalue weighted by atomic mass is 9.96. The predicted molar refractivity (Wildman–Crippen MR) is 82.7 cm³/mol. The maximum absolute atomic E-state index is 10.3. The second-order valence-electron chi connectivity index (χ2n) is 5.37. The van der Waals surface area contributed by atoms with Crippen LogP contribution in [0.25, 0.3) is 0 Å². The smallest absolute Gasteiger partial charge is 0.0801 e. The summed E-state index contributed by atoms with van der Waals surface area (Å²) in [6.45, 7) is 2.06. The zero-order valence-electron chi connectivity index (χ0n) is 10.8. The molecule has 0 heterocycles. The molecule has 1 atom stereocenters. The molecule has 1 unspecified atom stereocenters. The first-order chi connectivity index (χ1) is 8.58. The van der Waals surface area contributed by atoms with E-state index in [-0.39, 0.29) is 6.10 Å². The lowest BCUT2D eigenvalue weighted by Gasteiger charge is -2.16. The van der Waals surface area contributed by atoms with Gasteiger partial charge in [-0.3, -0.25) is 0 Å². The van der Waals surface area contributed by atoms with Crippen molar-refractivity contribution >= 4 is 31.9 Å². The number of hydrogen-bond acceptors (Lipinski definition) is 1. The second kappa shape index (κ2) is 6.53. The van der Waals surface area contributed by atoms with Crippen molar-refractivity contribution in [3.8, 4) is 0 Å². The highest BCUT2D eigenvalue weighted by Crippen LogP contribution is 2.35. The highest BCUT2D eigenvalue weighted by Gasteiger charge is 2.18. The number of hydrogen-bond donors (Lipinski definition) is 1. The van der Waals surface area contributed by atoms with Crippen LogP contribution in [0, 0.1) is 12.8 Å². The average Bonchev–Trinajstić information content (AvgIpc) is 2.84. The zero-order chi connectivity index (χ0) is 13.1. The molecule has 1 aliphatic rings. The fraction of sp³-hybridized carbons (Fsp3) is 0.600. The van der Waals surface area contributed by atoms with Gasteiger partial charge >= 0.3 is 0 Å². The molecule has 0 amide bonds. The van der Waals surface area contributed by atoms with Crippen molar-refractivity contribution < 1.29 is 5.11 Å². The average molecular weight is 376 g/mol. The van der Waals surface area contributed by atoms with Crippen LogP contribution >= 0.6 is 31.9 Å². The van der Waals surface area contributed by atoms with Crippen molar-refractivity contribution in [3.63, 3.8) is 0 Å². The van der Waals surface area contributed by atoms with Gasteiger partial charge in [0, 0.05) is 8.95 Å². The first-order valence-electron chi connectivity index (χ1n) is 6.71. The van der Waals surface area contributed by atoms with E-state index >= 15 is 0 Å². The zero-order valence-corrected chi connectivity index (χ0v) is 13.9. The van der Waals surface area contributed by atoms with Gasteiger partial charge in [0.25, 0.3) is 0 Å². The Balaban J connectivity index is 1.99. The van der Waals surface area contributed by atoms with E-state index in [2.05, 4.69) is 44.8 Å². The van der Waals surface area contributed by atoms with E-state index in [1.807, 2.05) is 6.07 Å². The third kappa shape index (κ3) is 3.58. The molecule has 1 aromatic rings. The monoisotopic (exact) mass is 374 g/mol. The molecule has 0 radical (unpaired) electrons. The van der Waals surface area contributed by atoms with Crippen molar-refractivity contribution in [1.29, 1.82) is 0 Å². The van der Waals surface area contributed by atoms with Crippen LogP contribution in [0.15, 0.2) is 21.1 Å². The minimum atomic E-state index is -0.350. The Morgan fingerprint density at radius 2 is 1.89 bits per heavy atom. The Morgan fingerprint density at radius 1 is 1.22 bits per heavy atom. The van der Waals surface area contributed by atoms with Crippen LogP contribution in [-0.4, -0.2) is 5.11 Å². The van der Waals surface area contributed by atoms with Crippen molar-refractivity contribution in [2.24, 2.45) is 5.92 Å². The fourth-order valence-corrected chi connectivity index (χ4v) is 3.85. The van der Waals surface area contributed by atoms with Gasteiger partial charge < -0.3 is 5.11 Å². The number of benzene rings is 1. The van der Waals surface area contributed by atoms with E-state index in [0.29, 0.717) is 0 Å². The van der Waals surface area contributed by atoms with E-state index in [1.54, 1.807) is 0 Å². The molecule has 0 aromatic heterocycles. The van der Waals surface area contributed by atoms with Crippen LogP contribution in [0.5, 0.6) is 0 Å². The van der Waals surface area contributed by atoms with Crippen LogP contribution in [0.2, 0.25) is 0 Å². The SMILES string of the molecule is Cc1cc(Br)c(C(O)CCC2CCCC2)cc1Br. The molecule has 1 fully saturated rings. The standard InChI is InChI=1S/C15H20Br2O/c1-10-8-14(17)12(9-13(10)16)15(18)7-6-11-4-2-3-5-11/h8-9,11,15,18H,2-7H2,1H3. The largest absolute Gasteiger partial charge is 0.388 e. The van der Waals surface area contributed by atoms with Crippen molar-refractivity contribution in [2.75, 3.05) is 0 Å². The number of rotatable bonds is 4. The quantitative estimate of drug-likeness (QED) is 0.733. The summed E-state index contributed by atoms with van der Waals surface area (Å²) in [5.74, 6) is 0.840. The maximum atomic E-state index is 10.3. The summed E-state index contributed by atoms with van der Waals surface area (Å²) >= 11 is 7.09. The minimum Gasteiger partial charge on any atom is -0.388 e. The number of aliphatic hydroxyl groups is 1. The minimum absolute atomic E-state index is 0.350. The Labute approximate surface area is 126 Å². The summed E-state index contributed by atoms with van der Waals surface area (Å²) in [6.07, 6.45) is 7.13. The third-order valence-corrected chi connectivity index (χ3v) is 5.50. The van der Waals surface area contributed by atoms with Gasteiger partial charge in [0.2, 0.25) is 0 Å². The maximum Gasteiger partial charge on any atom is 0.0801 e. The van der Waals surface area contributed by atoms with Gasteiger partial charge in [0.1, 0.15) is 0 Å². The van der Waals surface area contributed by atoms with Gasteiger partial charge in [0.05, 0.1) is 6.10 Å². The van der Waals surface area contributed by atoms with E-state index in [0.717, 1.165) is 33.3 Å². The molecule has 1 saturated carbocycles. The number of aryl methyl sites for hydroxylation is 1. The lowest BCUT2D eigenvalue weighted by Crippen LogP contribution is -2.03. The summed E-state index contributed by atoms with van der Waals surface area (Å²) in [6, 6.07) is 4.11. The van der Waals surface area contributed by atoms with Crippen molar-refractivity contribution in [1.82, 2.24) is 0 Å². The van der Waals surface area contributed by atoms with E-state index < -0.39 is 0 Å². The summed E-state index contributed by atoms with van der Waals surface area (Å²) in [4.78, 5) is 0. The van der Waals surface area contributed by atoms with Crippen molar-refractivity contribution in [3.05, 3.63) is 32.2 Å². The summed E-state index contributed by atoms with van der Waals surface area (Å²) in [7, 11) is 0. The van der Waals surface area contributed by atoms with Crippen LogP contribution in [-0.2, 0) is 0 Å². The molecule has 0 aliphatic heterocycles. The number of aliphatic hydroxyl groups excluding tert-OH is 1. The van der Waals surface area contributed by atoms with Gasteiger partial charge in [0.15, 0.2) is 0 Å². The molecular formula is C15H20Br2O. The van der Waals surface area contributed by atoms with E-state index in [1.165, 1.54) is 31.2 Å². The first kappa shape index (κ1) is 14.5. The van der Waals surface area contributed by atoms with Crippen LogP contribution in [0.1, 0.15) is 55.8 Å². The molecule has 1 nitrogen and oxygen atoms in total. The molecule has 1 aliphatic carbocycles. The summed E-state index contributed by atoms with van der Waals surface area (Å²) < 4.78 is 2.09. The molecule has 0 bridgehead atoms. The number of halogens is 2. The summed E-state index contributed by atoms with van der Waals surface area (Å²) in [5, 5.41) is 10.3. The molecule has 1 aromatic carbocycles. The Hall–Kier alpha value is 0.140. The Morgan fingerprint density at radius 3 is 2.56 bits per heavy atom. The predicted octanol–water partition coefficient (Wildman–Crippen LogP) is 5.52. The Bertz CT molecular complexity index is 411. The van der Waals surface area contributed by atoms with Gasteiger partial charge in [-0.1, -0.05) is 57.5 Å². The van der Waals surface area contributed by atoms with Crippen molar-refractivity contribution in [2.45, 2.75) is 51.6 Å². The molecule has 0 spiro atoms. The molecule has 3 heteroatoms. The van der Waals surface area contributed by atoms with Gasteiger partial charge in [-0.15, -0.1) is 0 Å². The van der Waals surface area contributed by atoms with Crippen LogP contribution < -0.4 is 0 Å². The van der Waals surface area contributed by atoms with Crippen LogP contribution in [0.4, 0.5) is 0 Å². The molecule has 100 valence electrons. The van der Waals surface area contributed by atoms with Gasteiger partial charge in [-0.2, -0.15) is 0 Å². The second-order valence-corrected chi connectivity index (χ2v) is 7.08.